The summed E-state index contributed by atoms with van der Waals surface area (Å²) in [6.07, 6.45) is 0. The van der Waals surface area contributed by atoms with Crippen molar-refractivity contribution in [2.45, 2.75) is 10.6 Å². The van der Waals surface area contributed by atoms with Crippen LogP contribution in [0.3, 0.4) is 0 Å². The van der Waals surface area contributed by atoms with Gasteiger partial charge in [-0.3, -0.25) is 10.2 Å². The number of carbonyl (C=O) groups is 1. The number of anilines is 1. The molecule has 0 bridgehead atoms. The third-order valence-corrected chi connectivity index (χ3v) is 4.46. The first-order valence-electron chi connectivity index (χ1n) is 5.23. The Bertz CT molecular complexity index is 602. The molecule has 0 saturated heterocycles. The highest BCUT2D eigenvalue weighted by Gasteiger charge is 2.10. The minimum atomic E-state index is -0.386. The number of nitrogens with zero attached hydrogens (tertiary/aromatic N) is 1. The maximum atomic E-state index is 11.3. The number of thioether (sulfide) groups is 1. The quantitative estimate of drug-likeness (QED) is 0.265. The van der Waals surface area contributed by atoms with Crippen LogP contribution in [0.5, 0.6) is 0 Å². The van der Waals surface area contributed by atoms with Crippen LogP contribution in [0.2, 0.25) is 5.02 Å². The molecule has 0 spiro atoms. The van der Waals surface area contributed by atoms with E-state index in [0.717, 1.165) is 10.6 Å². The average molecular weight is 315 g/mol. The third-order valence-electron chi connectivity index (χ3n) is 2.23. The van der Waals surface area contributed by atoms with Crippen LogP contribution in [0.25, 0.3) is 0 Å². The molecule has 5 nitrogen and oxygen atoms in total. The Kier molecular flexibility index (Phi) is 4.65. The number of rotatable bonds is 4. The van der Waals surface area contributed by atoms with Crippen LogP contribution in [0.4, 0.5) is 5.69 Å². The molecule has 1 aromatic heterocycles. The number of nitrogens with two attached hydrogens (primary N) is 2. The molecular weight excluding hydrogens is 304 g/mol. The first kappa shape index (κ1) is 14.1. The highest BCUT2D eigenvalue weighted by molar-refractivity contribution is 7.98. The van der Waals surface area contributed by atoms with Crippen LogP contribution < -0.4 is 17.0 Å². The molecule has 19 heavy (non-hydrogen) atoms. The topological polar surface area (TPSA) is 94.0 Å². The Morgan fingerprint density at radius 2 is 2.32 bits per heavy atom. The first-order chi connectivity index (χ1) is 9.10. The van der Waals surface area contributed by atoms with Crippen molar-refractivity contribution in [2.75, 3.05) is 5.73 Å². The van der Waals surface area contributed by atoms with Gasteiger partial charge in [0.05, 0.1) is 5.69 Å². The van der Waals surface area contributed by atoms with E-state index in [-0.39, 0.29) is 5.91 Å². The van der Waals surface area contributed by atoms with Gasteiger partial charge in [-0.25, -0.2) is 10.8 Å². The van der Waals surface area contributed by atoms with Gasteiger partial charge in [-0.05, 0) is 18.2 Å². The van der Waals surface area contributed by atoms with Crippen molar-refractivity contribution in [3.8, 4) is 0 Å². The number of nitrogen functional groups attached to an aromatic ring is 2. The molecule has 8 heteroatoms. The Morgan fingerprint density at radius 3 is 3.05 bits per heavy atom. The van der Waals surface area contributed by atoms with Crippen molar-refractivity contribution in [2.24, 2.45) is 5.84 Å². The number of hydrogen-bond donors (Lipinski definition) is 3. The first-order valence-corrected chi connectivity index (χ1v) is 7.47. The van der Waals surface area contributed by atoms with E-state index >= 15 is 0 Å². The lowest BCUT2D eigenvalue weighted by atomic mass is 10.3. The van der Waals surface area contributed by atoms with Crippen LogP contribution in [-0.4, -0.2) is 10.9 Å². The number of amides is 1. The SMILES string of the molecule is NNC(=O)c1nc(CSc2cc(Cl)ccc2N)cs1. The number of carbonyl (C=O) groups excluding carboxylic acids is 1. The molecule has 2 aromatic rings. The van der Waals surface area contributed by atoms with Gasteiger partial charge in [0.15, 0.2) is 5.01 Å². The lowest BCUT2D eigenvalue weighted by molar-refractivity contribution is 0.0953. The van der Waals surface area contributed by atoms with E-state index in [4.69, 9.17) is 23.2 Å². The van der Waals surface area contributed by atoms with Crippen molar-refractivity contribution in [3.63, 3.8) is 0 Å². The van der Waals surface area contributed by atoms with Crippen molar-refractivity contribution >= 4 is 46.3 Å². The largest absolute Gasteiger partial charge is 0.398 e. The molecule has 1 heterocycles. The summed E-state index contributed by atoms with van der Waals surface area (Å²) in [7, 11) is 0. The van der Waals surface area contributed by atoms with Crippen molar-refractivity contribution in [3.05, 3.63) is 39.3 Å². The molecule has 1 aromatic carbocycles. The normalized spacial score (nSPS) is 10.4. The molecule has 1 amide bonds. The molecule has 0 saturated carbocycles. The van der Waals surface area contributed by atoms with Crippen LogP contribution in [-0.2, 0) is 5.75 Å². The second-order valence-corrected chi connectivity index (χ2v) is 5.90. The molecule has 0 aliphatic carbocycles. The fraction of sp³-hybridized carbons (Fsp3) is 0.0909. The average Bonchev–Trinajstić information content (AvgIpc) is 2.88. The summed E-state index contributed by atoms with van der Waals surface area (Å²) in [5.41, 5.74) is 9.37. The minimum absolute atomic E-state index is 0.345. The second-order valence-electron chi connectivity index (χ2n) is 3.59. The zero-order valence-corrected chi connectivity index (χ0v) is 12.1. The van der Waals surface area contributed by atoms with Gasteiger partial charge in [0.25, 0.3) is 5.91 Å². The summed E-state index contributed by atoms with van der Waals surface area (Å²) < 4.78 is 0. The molecule has 2 rings (SSSR count). The fourth-order valence-corrected chi connectivity index (χ4v) is 3.28. The highest BCUT2D eigenvalue weighted by Crippen LogP contribution is 2.30. The molecular formula is C11H11ClN4OS2. The Morgan fingerprint density at radius 1 is 1.53 bits per heavy atom. The van der Waals surface area contributed by atoms with E-state index in [1.54, 1.807) is 18.2 Å². The molecule has 0 radical (unpaired) electrons. The molecule has 0 aliphatic heterocycles. The van der Waals surface area contributed by atoms with E-state index < -0.39 is 0 Å². The summed E-state index contributed by atoms with van der Waals surface area (Å²) in [4.78, 5) is 16.3. The smallest absolute Gasteiger partial charge is 0.294 e. The molecule has 0 atom stereocenters. The van der Waals surface area contributed by atoms with Gasteiger partial charge in [0.2, 0.25) is 0 Å². The predicted octanol–water partition coefficient (Wildman–Crippen LogP) is 2.27. The summed E-state index contributed by atoms with van der Waals surface area (Å²) in [6.45, 7) is 0. The Hall–Kier alpha value is -1.28. The minimum Gasteiger partial charge on any atom is -0.398 e. The highest BCUT2D eigenvalue weighted by atomic mass is 35.5. The lowest BCUT2D eigenvalue weighted by Gasteiger charge is -2.04. The number of benzene rings is 1. The number of halogens is 1. The summed E-state index contributed by atoms with van der Waals surface area (Å²) in [5, 5.41) is 2.80. The monoisotopic (exact) mass is 314 g/mol. The second kappa shape index (κ2) is 6.25. The van der Waals surface area contributed by atoms with Crippen LogP contribution >= 0.6 is 34.7 Å². The lowest BCUT2D eigenvalue weighted by Crippen LogP contribution is -2.29. The van der Waals surface area contributed by atoms with Crippen molar-refractivity contribution in [1.29, 1.82) is 0 Å². The zero-order valence-electron chi connectivity index (χ0n) is 9.72. The number of thiazole rings is 1. The Balaban J connectivity index is 2.04. The van der Waals surface area contributed by atoms with E-state index in [0.29, 0.717) is 21.5 Å². The molecule has 0 fully saturated rings. The zero-order chi connectivity index (χ0) is 13.8. The van der Waals surface area contributed by atoms with Gasteiger partial charge in [0.1, 0.15) is 0 Å². The molecule has 0 unspecified atom stereocenters. The summed E-state index contributed by atoms with van der Waals surface area (Å²) >= 11 is 8.68. The number of nitrogens with one attached hydrogen (secondary N) is 1. The standard InChI is InChI=1S/C11H11ClN4OS2/c12-6-1-2-8(13)9(3-6)18-4-7-5-19-11(15-7)10(17)16-14/h1-3,5H,4,13-14H2,(H,16,17). The maximum Gasteiger partial charge on any atom is 0.294 e. The van der Waals surface area contributed by atoms with Crippen LogP contribution in [0, 0.1) is 0 Å². The van der Waals surface area contributed by atoms with Crippen molar-refractivity contribution in [1.82, 2.24) is 10.4 Å². The molecule has 0 aliphatic rings. The van der Waals surface area contributed by atoms with Crippen molar-refractivity contribution < 1.29 is 4.79 Å². The summed E-state index contributed by atoms with van der Waals surface area (Å²) in [5.74, 6) is 5.27. The summed E-state index contributed by atoms with van der Waals surface area (Å²) in [6, 6.07) is 5.31. The number of aromatic nitrogens is 1. The van der Waals surface area contributed by atoms with Gasteiger partial charge in [-0.1, -0.05) is 11.6 Å². The van der Waals surface area contributed by atoms with E-state index in [2.05, 4.69) is 4.98 Å². The van der Waals surface area contributed by atoms with Gasteiger partial charge in [-0.2, -0.15) is 0 Å². The molecule has 100 valence electrons. The predicted molar refractivity (Wildman–Crippen MR) is 79.2 cm³/mol. The number of hydrazine groups is 1. The number of hydrogen-bond acceptors (Lipinski definition) is 6. The molecule has 5 N–H and O–H groups in total. The van der Waals surface area contributed by atoms with Crippen LogP contribution in [0.15, 0.2) is 28.5 Å². The van der Waals surface area contributed by atoms with Gasteiger partial charge >= 0.3 is 0 Å². The van der Waals surface area contributed by atoms with E-state index in [9.17, 15) is 4.79 Å². The van der Waals surface area contributed by atoms with Crippen LogP contribution in [0.1, 0.15) is 15.5 Å². The van der Waals surface area contributed by atoms with Gasteiger partial charge in [0, 0.05) is 26.7 Å². The van der Waals surface area contributed by atoms with E-state index in [1.165, 1.54) is 23.1 Å². The van der Waals surface area contributed by atoms with Gasteiger partial charge in [-0.15, -0.1) is 23.1 Å². The Labute approximate surface area is 123 Å². The fourth-order valence-electron chi connectivity index (χ4n) is 1.32. The maximum absolute atomic E-state index is 11.3. The van der Waals surface area contributed by atoms with E-state index in [1.807, 2.05) is 10.8 Å². The third kappa shape index (κ3) is 3.60. The van der Waals surface area contributed by atoms with Gasteiger partial charge < -0.3 is 5.73 Å².